The van der Waals surface area contributed by atoms with Crippen molar-refractivity contribution in [1.82, 2.24) is 10.0 Å². The maximum Gasteiger partial charge on any atom is 0.336 e. The molecule has 48 heavy (non-hydrogen) atoms. The number of amides is 1. The summed E-state index contributed by atoms with van der Waals surface area (Å²) in [7, 11) is -2.22. The number of rotatable bonds is 15. The fourth-order valence-corrected chi connectivity index (χ4v) is 7.01. The van der Waals surface area contributed by atoms with Gasteiger partial charge in [-0.2, -0.15) is 0 Å². The maximum absolute atomic E-state index is 13.6. The van der Waals surface area contributed by atoms with Crippen LogP contribution in [0, 0.1) is 5.82 Å². The van der Waals surface area contributed by atoms with E-state index >= 15 is 0 Å². The van der Waals surface area contributed by atoms with Crippen LogP contribution in [-0.4, -0.2) is 58.8 Å². The molecule has 0 spiro atoms. The molecule has 1 aliphatic carbocycles. The zero-order chi connectivity index (χ0) is 33.8. The fraction of sp³-hybridized carbons (Fsp3) is 0.278. The normalized spacial score (nSPS) is 13.3. The van der Waals surface area contributed by atoms with Gasteiger partial charge in [-0.05, 0) is 88.7 Å². The van der Waals surface area contributed by atoms with Crippen LogP contribution in [0.15, 0.2) is 77.2 Å². The number of sulfonamides is 1. The first kappa shape index (κ1) is 33.3. The monoisotopic (exact) mass is 674 g/mol. The molecule has 0 bridgehead atoms. The second kappa shape index (κ2) is 14.2. The Balaban J connectivity index is 1.05. The largest absolute Gasteiger partial charge is 0.478 e. The summed E-state index contributed by atoms with van der Waals surface area (Å²) in [6, 6.07) is 19.8. The minimum atomic E-state index is -3.74. The third kappa shape index (κ3) is 7.42. The van der Waals surface area contributed by atoms with Crippen molar-refractivity contribution in [1.29, 1.82) is 0 Å². The number of furan rings is 1. The van der Waals surface area contributed by atoms with Crippen LogP contribution in [0.4, 0.5) is 4.39 Å². The van der Waals surface area contributed by atoms with Crippen LogP contribution in [0.1, 0.15) is 56.2 Å². The Bertz CT molecular complexity index is 2090. The number of ether oxygens (including phenoxy) is 2. The first-order valence-electron chi connectivity index (χ1n) is 15.6. The summed E-state index contributed by atoms with van der Waals surface area (Å²) >= 11 is 0. The van der Waals surface area contributed by atoms with Crippen LogP contribution in [0.3, 0.4) is 0 Å². The molecular weight excluding hydrogens is 639 g/mol. The molecule has 1 heterocycles. The molecule has 0 radical (unpaired) electrons. The third-order valence-corrected chi connectivity index (χ3v) is 9.65. The van der Waals surface area contributed by atoms with Crippen molar-refractivity contribution >= 4 is 43.6 Å². The molecule has 0 unspecified atom stereocenters. The summed E-state index contributed by atoms with van der Waals surface area (Å²) in [5.41, 5.74) is 3.77. The number of carbonyl (C=O) groups is 2. The fourth-order valence-electron chi connectivity index (χ4n) is 5.86. The van der Waals surface area contributed by atoms with Gasteiger partial charge in [0, 0.05) is 24.5 Å². The molecule has 1 amide bonds. The lowest BCUT2D eigenvalue weighted by Gasteiger charge is -2.12. The minimum absolute atomic E-state index is 0.0704. The topological polar surface area (TPSA) is 144 Å². The summed E-state index contributed by atoms with van der Waals surface area (Å²) in [6.45, 7) is 1.00. The number of nitrogens with one attached hydrogen (secondary N) is 2. The Kier molecular flexibility index (Phi) is 9.88. The molecule has 1 aromatic heterocycles. The number of aromatic carboxylic acids is 1. The molecule has 0 saturated heterocycles. The Morgan fingerprint density at radius 1 is 0.917 bits per heavy atom. The number of halogens is 1. The molecule has 10 nitrogen and oxygen atoms in total. The van der Waals surface area contributed by atoms with Crippen molar-refractivity contribution < 1.29 is 41.4 Å². The summed E-state index contributed by atoms with van der Waals surface area (Å²) in [5.74, 6) is -1.55. The number of carboxylic acids is 1. The average molecular weight is 675 g/mol. The number of hydrogen-bond acceptors (Lipinski definition) is 7. The number of fused-ring (bicyclic) bond motifs is 2. The van der Waals surface area contributed by atoms with Gasteiger partial charge in [-0.25, -0.2) is 22.3 Å². The Labute approximate surface area is 276 Å². The summed E-state index contributed by atoms with van der Waals surface area (Å²) in [6.07, 6.45) is 1.84. The lowest BCUT2D eigenvalue weighted by molar-refractivity contribution is 0.0430. The molecule has 1 aliphatic rings. The Morgan fingerprint density at radius 2 is 1.65 bits per heavy atom. The van der Waals surface area contributed by atoms with E-state index in [1.54, 1.807) is 30.3 Å². The maximum atomic E-state index is 13.6. The van der Waals surface area contributed by atoms with Gasteiger partial charge in [0.15, 0.2) is 0 Å². The van der Waals surface area contributed by atoms with Crippen molar-refractivity contribution in [3.8, 4) is 11.3 Å². The van der Waals surface area contributed by atoms with E-state index in [0.717, 1.165) is 29.4 Å². The lowest BCUT2D eigenvalue weighted by atomic mass is 9.98. The predicted octanol–water partition coefficient (Wildman–Crippen LogP) is 5.98. The SMILES string of the molecule is CNC(=O)c1c(-c2ccc(F)cc2)oc2cc(CS(=O)(=O)NCCOCCOCc3ccc(C(=O)O)c4ccccc34)c(C3CC3)cc12. The molecule has 250 valence electrons. The van der Waals surface area contributed by atoms with E-state index in [0.29, 0.717) is 33.0 Å². The molecule has 12 heteroatoms. The van der Waals surface area contributed by atoms with Crippen LogP contribution >= 0.6 is 0 Å². The Hall–Kier alpha value is -4.62. The average Bonchev–Trinajstić information content (AvgIpc) is 3.85. The highest BCUT2D eigenvalue weighted by molar-refractivity contribution is 7.88. The van der Waals surface area contributed by atoms with Crippen LogP contribution < -0.4 is 10.0 Å². The molecule has 0 aliphatic heterocycles. The number of carboxylic acid groups (broad SMARTS) is 1. The van der Waals surface area contributed by atoms with Gasteiger partial charge in [0.2, 0.25) is 10.0 Å². The van der Waals surface area contributed by atoms with Gasteiger partial charge < -0.3 is 24.3 Å². The van der Waals surface area contributed by atoms with Crippen LogP contribution in [0.2, 0.25) is 0 Å². The zero-order valence-corrected chi connectivity index (χ0v) is 27.1. The summed E-state index contributed by atoms with van der Waals surface area (Å²) in [4.78, 5) is 24.5. The summed E-state index contributed by atoms with van der Waals surface area (Å²) < 4.78 is 59.9. The van der Waals surface area contributed by atoms with E-state index in [1.165, 1.54) is 31.3 Å². The van der Waals surface area contributed by atoms with E-state index < -0.39 is 21.8 Å². The first-order chi connectivity index (χ1) is 23.1. The van der Waals surface area contributed by atoms with E-state index in [-0.39, 0.29) is 61.9 Å². The van der Waals surface area contributed by atoms with Gasteiger partial charge >= 0.3 is 5.97 Å². The van der Waals surface area contributed by atoms with E-state index in [1.807, 2.05) is 18.2 Å². The highest BCUT2D eigenvalue weighted by atomic mass is 32.2. The van der Waals surface area contributed by atoms with E-state index in [4.69, 9.17) is 13.9 Å². The van der Waals surface area contributed by atoms with Gasteiger partial charge in [-0.3, -0.25) is 4.79 Å². The van der Waals surface area contributed by atoms with Gasteiger partial charge in [-0.15, -0.1) is 0 Å². The highest BCUT2D eigenvalue weighted by Gasteiger charge is 2.31. The molecule has 6 rings (SSSR count). The van der Waals surface area contributed by atoms with Crippen LogP contribution in [0.5, 0.6) is 0 Å². The second-order valence-electron chi connectivity index (χ2n) is 11.7. The van der Waals surface area contributed by atoms with Crippen molar-refractivity contribution in [3.63, 3.8) is 0 Å². The third-order valence-electron chi connectivity index (χ3n) is 8.32. The number of carbonyl (C=O) groups excluding carboxylic acids is 1. The first-order valence-corrected chi connectivity index (χ1v) is 17.2. The van der Waals surface area contributed by atoms with Crippen molar-refractivity contribution in [3.05, 3.63) is 106 Å². The van der Waals surface area contributed by atoms with E-state index in [9.17, 15) is 27.5 Å². The highest BCUT2D eigenvalue weighted by Crippen LogP contribution is 2.45. The molecule has 3 N–H and O–H groups in total. The molecule has 1 fully saturated rings. The van der Waals surface area contributed by atoms with Crippen LogP contribution in [0.25, 0.3) is 33.1 Å². The molecule has 0 atom stereocenters. The second-order valence-corrected chi connectivity index (χ2v) is 13.5. The quantitative estimate of drug-likeness (QED) is 0.115. The minimum Gasteiger partial charge on any atom is -0.478 e. The summed E-state index contributed by atoms with van der Waals surface area (Å²) in [5, 5.41) is 14.1. The van der Waals surface area contributed by atoms with Crippen molar-refractivity contribution in [2.24, 2.45) is 0 Å². The standard InChI is InChI=1S/C36H35FN2O8S/c1-38-35(40)33-31-19-30(22-6-7-22)25(18-32(31)47-34(33)23-8-11-26(37)12-9-23)21-48(43,44)39-14-15-45-16-17-46-20-24-10-13-29(36(41)42)28-5-3-2-4-27(24)28/h2-5,8-13,18-19,22,39H,6-7,14-17,20-21H2,1H3,(H,38,40)(H,41,42). The van der Waals surface area contributed by atoms with Crippen molar-refractivity contribution in [2.45, 2.75) is 31.1 Å². The predicted molar refractivity (Wildman–Crippen MR) is 179 cm³/mol. The zero-order valence-electron chi connectivity index (χ0n) is 26.3. The molecule has 1 saturated carbocycles. The van der Waals surface area contributed by atoms with Gasteiger partial charge in [0.25, 0.3) is 5.91 Å². The van der Waals surface area contributed by atoms with Gasteiger partial charge in [0.1, 0.15) is 17.2 Å². The molecule has 5 aromatic rings. The van der Waals surface area contributed by atoms with Gasteiger partial charge in [-0.1, -0.05) is 30.3 Å². The van der Waals surface area contributed by atoms with Crippen LogP contribution in [-0.2, 0) is 31.9 Å². The number of hydrogen-bond donors (Lipinski definition) is 3. The molecular formula is C36H35FN2O8S. The van der Waals surface area contributed by atoms with E-state index in [2.05, 4.69) is 10.0 Å². The number of benzene rings is 4. The van der Waals surface area contributed by atoms with Gasteiger partial charge in [0.05, 0.1) is 43.3 Å². The Morgan fingerprint density at radius 3 is 2.35 bits per heavy atom. The van der Waals surface area contributed by atoms with Crippen molar-refractivity contribution in [2.75, 3.05) is 33.4 Å². The lowest BCUT2D eigenvalue weighted by Crippen LogP contribution is -2.29. The molecule has 4 aromatic carbocycles. The smallest absolute Gasteiger partial charge is 0.336 e.